The highest BCUT2D eigenvalue weighted by atomic mass is 16.5. The minimum atomic E-state index is -0.499. The first-order valence-corrected chi connectivity index (χ1v) is 6.17. The lowest BCUT2D eigenvalue weighted by molar-refractivity contribution is -0.141. The third-order valence-electron chi connectivity index (χ3n) is 2.48. The van der Waals surface area contributed by atoms with Crippen LogP contribution in [0.4, 0.5) is 0 Å². The van der Waals surface area contributed by atoms with Gasteiger partial charge in [-0.3, -0.25) is 4.79 Å². The van der Waals surface area contributed by atoms with Crippen molar-refractivity contribution in [2.45, 2.75) is 45.6 Å². The zero-order chi connectivity index (χ0) is 12.9. The molecule has 0 amide bonds. The van der Waals surface area contributed by atoms with Crippen molar-refractivity contribution in [3.63, 3.8) is 0 Å². The van der Waals surface area contributed by atoms with E-state index in [4.69, 9.17) is 0 Å². The smallest absolute Gasteiger partial charge is 0.328 e. The number of hydrogen-bond donors (Lipinski definition) is 1. The lowest BCUT2D eigenvalue weighted by atomic mass is 10.0. The molecule has 1 unspecified atom stereocenters. The highest BCUT2D eigenvalue weighted by Crippen LogP contribution is 2.08. The molecule has 0 aliphatic carbocycles. The molecule has 0 radical (unpaired) electrons. The second kappa shape index (κ2) is 11.3. The first-order valence-electron chi connectivity index (χ1n) is 6.17. The normalized spacial score (nSPS) is 18.4. The van der Waals surface area contributed by atoms with Crippen LogP contribution in [0.3, 0.4) is 0 Å². The second-order valence-electron chi connectivity index (χ2n) is 3.77. The van der Waals surface area contributed by atoms with Crippen LogP contribution in [-0.4, -0.2) is 37.8 Å². The van der Waals surface area contributed by atoms with Gasteiger partial charge in [0.15, 0.2) is 0 Å². The SMILES string of the molecule is CCC1CCCCN1.CCOC(=O)CN=C=O. The Morgan fingerprint density at radius 3 is 2.65 bits per heavy atom. The lowest BCUT2D eigenvalue weighted by Gasteiger charge is -2.21. The number of esters is 1. The van der Waals surface area contributed by atoms with Gasteiger partial charge in [0.1, 0.15) is 6.54 Å². The van der Waals surface area contributed by atoms with Crippen molar-refractivity contribution >= 4 is 12.0 Å². The van der Waals surface area contributed by atoms with E-state index in [1.807, 2.05) is 0 Å². The van der Waals surface area contributed by atoms with Gasteiger partial charge in [0.25, 0.3) is 0 Å². The average molecular weight is 242 g/mol. The van der Waals surface area contributed by atoms with Crippen LogP contribution >= 0.6 is 0 Å². The van der Waals surface area contributed by atoms with Crippen molar-refractivity contribution in [3.8, 4) is 0 Å². The van der Waals surface area contributed by atoms with Gasteiger partial charge < -0.3 is 10.1 Å². The number of aliphatic imine (C=N–C) groups is 1. The summed E-state index contributed by atoms with van der Waals surface area (Å²) in [5.41, 5.74) is 0. The van der Waals surface area contributed by atoms with E-state index >= 15 is 0 Å². The highest BCUT2D eigenvalue weighted by Gasteiger charge is 2.08. The Bertz CT molecular complexity index is 244. The van der Waals surface area contributed by atoms with Gasteiger partial charge in [-0.25, -0.2) is 4.79 Å². The Kier molecular flexibility index (Phi) is 10.5. The van der Waals surface area contributed by atoms with Gasteiger partial charge in [0.05, 0.1) is 6.61 Å². The maximum absolute atomic E-state index is 10.3. The van der Waals surface area contributed by atoms with Gasteiger partial charge in [-0.1, -0.05) is 13.3 Å². The van der Waals surface area contributed by atoms with Crippen molar-refractivity contribution in [1.82, 2.24) is 5.32 Å². The molecule has 1 rings (SSSR count). The minimum absolute atomic E-state index is 0.225. The van der Waals surface area contributed by atoms with Crippen molar-refractivity contribution in [2.24, 2.45) is 4.99 Å². The number of piperidine rings is 1. The Morgan fingerprint density at radius 1 is 1.47 bits per heavy atom. The molecular weight excluding hydrogens is 220 g/mol. The molecule has 98 valence electrons. The third kappa shape index (κ3) is 9.72. The fraction of sp³-hybridized carbons (Fsp3) is 0.833. The summed E-state index contributed by atoms with van der Waals surface area (Å²) < 4.78 is 4.43. The molecule has 0 aromatic rings. The van der Waals surface area contributed by atoms with Gasteiger partial charge in [-0.05, 0) is 32.7 Å². The molecule has 5 nitrogen and oxygen atoms in total. The fourth-order valence-corrected chi connectivity index (χ4v) is 1.58. The van der Waals surface area contributed by atoms with E-state index < -0.39 is 5.97 Å². The average Bonchev–Trinajstić information content (AvgIpc) is 2.38. The molecular formula is C12H22N2O3. The van der Waals surface area contributed by atoms with Crippen molar-refractivity contribution < 1.29 is 14.3 Å². The molecule has 1 N–H and O–H groups in total. The summed E-state index contributed by atoms with van der Waals surface area (Å²) >= 11 is 0. The number of nitrogens with zero attached hydrogens (tertiary/aromatic N) is 1. The Hall–Kier alpha value is -1.19. The zero-order valence-electron chi connectivity index (χ0n) is 10.7. The summed E-state index contributed by atoms with van der Waals surface area (Å²) in [7, 11) is 0. The van der Waals surface area contributed by atoms with Gasteiger partial charge in [0, 0.05) is 6.04 Å². The second-order valence-corrected chi connectivity index (χ2v) is 3.77. The summed E-state index contributed by atoms with van der Waals surface area (Å²) in [6.45, 7) is 5.27. The van der Waals surface area contributed by atoms with Gasteiger partial charge in [0.2, 0.25) is 6.08 Å². The molecule has 17 heavy (non-hydrogen) atoms. The molecule has 1 aliphatic rings. The van der Waals surface area contributed by atoms with Gasteiger partial charge in [-0.2, -0.15) is 4.99 Å². The number of rotatable bonds is 4. The van der Waals surface area contributed by atoms with Crippen LogP contribution in [0.5, 0.6) is 0 Å². The molecule has 5 heteroatoms. The van der Waals surface area contributed by atoms with Gasteiger partial charge >= 0.3 is 5.97 Å². The molecule has 0 spiro atoms. The maximum Gasteiger partial charge on any atom is 0.328 e. The van der Waals surface area contributed by atoms with E-state index in [1.165, 1.54) is 38.3 Å². The van der Waals surface area contributed by atoms with Crippen LogP contribution in [-0.2, 0) is 14.3 Å². The summed E-state index contributed by atoms with van der Waals surface area (Å²) in [6, 6.07) is 0.837. The van der Waals surface area contributed by atoms with Gasteiger partial charge in [-0.15, -0.1) is 0 Å². The fourth-order valence-electron chi connectivity index (χ4n) is 1.58. The lowest BCUT2D eigenvalue weighted by Crippen LogP contribution is -2.32. The number of carbonyl (C=O) groups is 1. The summed E-state index contributed by atoms with van der Waals surface area (Å²) in [6.07, 6.45) is 6.76. The maximum atomic E-state index is 10.3. The van der Waals surface area contributed by atoms with E-state index in [2.05, 4.69) is 22.0 Å². The molecule has 1 fully saturated rings. The first-order chi connectivity index (χ1) is 8.24. The molecule has 0 bridgehead atoms. The van der Waals surface area contributed by atoms with E-state index in [9.17, 15) is 9.59 Å². The van der Waals surface area contributed by atoms with E-state index in [0.717, 1.165) is 6.04 Å². The van der Waals surface area contributed by atoms with E-state index in [-0.39, 0.29) is 6.54 Å². The van der Waals surface area contributed by atoms with E-state index in [0.29, 0.717) is 6.61 Å². The number of hydrogen-bond acceptors (Lipinski definition) is 5. The number of ether oxygens (including phenoxy) is 1. The van der Waals surface area contributed by atoms with Crippen LogP contribution in [0.1, 0.15) is 39.5 Å². The first kappa shape index (κ1) is 15.8. The summed E-state index contributed by atoms with van der Waals surface area (Å²) in [5, 5.41) is 3.47. The van der Waals surface area contributed by atoms with Crippen LogP contribution in [0.25, 0.3) is 0 Å². The number of carbonyl (C=O) groups excluding carboxylic acids is 2. The summed E-state index contributed by atoms with van der Waals surface area (Å²) in [4.78, 5) is 22.7. The third-order valence-corrected chi connectivity index (χ3v) is 2.48. The largest absolute Gasteiger partial charge is 0.465 e. The molecule has 0 aromatic carbocycles. The number of isocyanates is 1. The topological polar surface area (TPSA) is 67.8 Å². The standard InChI is InChI=1S/C7H15N.C5H7NO3/c1-2-7-5-3-4-6-8-7;1-2-9-5(8)3-6-4-7/h7-8H,2-6H2,1H3;2-3H2,1H3. The van der Waals surface area contributed by atoms with Crippen molar-refractivity contribution in [2.75, 3.05) is 19.7 Å². The van der Waals surface area contributed by atoms with Crippen LogP contribution in [0.15, 0.2) is 4.99 Å². The minimum Gasteiger partial charge on any atom is -0.465 e. The van der Waals surface area contributed by atoms with Crippen LogP contribution in [0, 0.1) is 0 Å². The molecule has 1 saturated heterocycles. The summed E-state index contributed by atoms with van der Waals surface area (Å²) in [5.74, 6) is -0.499. The van der Waals surface area contributed by atoms with Crippen molar-refractivity contribution in [3.05, 3.63) is 0 Å². The van der Waals surface area contributed by atoms with Crippen LogP contribution < -0.4 is 5.32 Å². The molecule has 0 saturated carbocycles. The zero-order valence-corrected chi connectivity index (χ0v) is 10.7. The van der Waals surface area contributed by atoms with Crippen LogP contribution in [0.2, 0.25) is 0 Å². The Labute approximate surface area is 103 Å². The molecule has 1 aliphatic heterocycles. The predicted molar refractivity (Wildman–Crippen MR) is 65.6 cm³/mol. The molecule has 0 aromatic heterocycles. The monoisotopic (exact) mass is 242 g/mol. The number of nitrogens with one attached hydrogen (secondary N) is 1. The highest BCUT2D eigenvalue weighted by molar-refractivity contribution is 5.72. The molecule has 1 atom stereocenters. The Balaban J connectivity index is 0.000000302. The van der Waals surface area contributed by atoms with Crippen molar-refractivity contribution in [1.29, 1.82) is 0 Å². The Morgan fingerprint density at radius 2 is 2.24 bits per heavy atom. The predicted octanol–water partition coefficient (Wildman–Crippen LogP) is 1.42. The van der Waals surface area contributed by atoms with E-state index in [1.54, 1.807) is 6.92 Å². The quantitative estimate of drug-likeness (QED) is 0.460. The molecule has 1 heterocycles.